The molecule has 7 heteroatoms. The first-order valence-electron chi connectivity index (χ1n) is 7.76. The van der Waals surface area contributed by atoms with Gasteiger partial charge in [0.25, 0.3) is 0 Å². The molecule has 130 valence electrons. The number of carbonyl (C=O) groups excluding carboxylic acids is 2. The SMILES string of the molecule is COC(=O)C1(c2cccc(OCc3cccnc3)c2)CC1C(=O)NO. The molecule has 1 aromatic heterocycles. The van der Waals surface area contributed by atoms with Crippen LogP contribution in [0.5, 0.6) is 5.75 Å². The van der Waals surface area contributed by atoms with E-state index in [9.17, 15) is 9.59 Å². The van der Waals surface area contributed by atoms with Crippen molar-refractivity contribution in [2.45, 2.75) is 18.4 Å². The van der Waals surface area contributed by atoms with E-state index in [0.29, 0.717) is 17.9 Å². The zero-order chi connectivity index (χ0) is 17.9. The highest BCUT2D eigenvalue weighted by Gasteiger charge is 2.65. The lowest BCUT2D eigenvalue weighted by molar-refractivity contribution is -0.146. The molecule has 0 aliphatic heterocycles. The average Bonchev–Trinajstić information content (AvgIpc) is 3.43. The van der Waals surface area contributed by atoms with Gasteiger partial charge in [0, 0.05) is 18.0 Å². The van der Waals surface area contributed by atoms with Crippen molar-refractivity contribution in [3.63, 3.8) is 0 Å². The van der Waals surface area contributed by atoms with Crippen LogP contribution in [-0.2, 0) is 26.3 Å². The largest absolute Gasteiger partial charge is 0.489 e. The van der Waals surface area contributed by atoms with Gasteiger partial charge in [0.05, 0.1) is 13.0 Å². The number of hydrogen-bond donors (Lipinski definition) is 2. The fourth-order valence-electron chi connectivity index (χ4n) is 3.02. The van der Waals surface area contributed by atoms with Gasteiger partial charge in [-0.25, -0.2) is 5.48 Å². The quantitative estimate of drug-likeness (QED) is 0.470. The molecule has 2 unspecified atom stereocenters. The monoisotopic (exact) mass is 342 g/mol. The predicted octanol–water partition coefficient (Wildman–Crippen LogP) is 1.60. The normalized spacial score (nSPS) is 21.3. The lowest BCUT2D eigenvalue weighted by atomic mass is 9.92. The molecule has 1 aliphatic carbocycles. The molecule has 2 aromatic rings. The summed E-state index contributed by atoms with van der Waals surface area (Å²) in [6.07, 6.45) is 3.67. The smallest absolute Gasteiger partial charge is 0.317 e. The molecule has 0 saturated heterocycles. The van der Waals surface area contributed by atoms with Crippen molar-refractivity contribution in [1.82, 2.24) is 10.5 Å². The predicted molar refractivity (Wildman–Crippen MR) is 86.7 cm³/mol. The Labute approximate surface area is 144 Å². The summed E-state index contributed by atoms with van der Waals surface area (Å²) in [4.78, 5) is 28.1. The maximum atomic E-state index is 12.3. The third-order valence-corrected chi connectivity index (χ3v) is 4.41. The number of aromatic nitrogens is 1. The number of rotatable bonds is 6. The number of hydroxylamine groups is 1. The molecule has 1 fully saturated rings. The van der Waals surface area contributed by atoms with Crippen LogP contribution in [0, 0.1) is 5.92 Å². The molecule has 1 amide bonds. The van der Waals surface area contributed by atoms with Crippen LogP contribution in [-0.4, -0.2) is 29.2 Å². The summed E-state index contributed by atoms with van der Waals surface area (Å²) in [5.41, 5.74) is 2.06. The fraction of sp³-hybridized carbons (Fsp3) is 0.278. The van der Waals surface area contributed by atoms with Crippen LogP contribution in [0.15, 0.2) is 48.8 Å². The third-order valence-electron chi connectivity index (χ3n) is 4.41. The standard InChI is InChI=1S/C18H18N2O5/c1-24-17(22)18(9-15(18)16(21)20-23)13-5-2-6-14(8-13)25-11-12-4-3-7-19-10-12/h2-8,10,15,23H,9,11H2,1H3,(H,20,21). The summed E-state index contributed by atoms with van der Waals surface area (Å²) in [6.45, 7) is 0.336. The van der Waals surface area contributed by atoms with Crippen LogP contribution in [0.3, 0.4) is 0 Å². The molecule has 1 aromatic carbocycles. The number of hydrogen-bond acceptors (Lipinski definition) is 6. The van der Waals surface area contributed by atoms with E-state index >= 15 is 0 Å². The molecule has 1 heterocycles. The van der Waals surface area contributed by atoms with Crippen LogP contribution in [0.1, 0.15) is 17.5 Å². The molecule has 0 bridgehead atoms. The number of nitrogens with one attached hydrogen (secondary N) is 1. The van der Waals surface area contributed by atoms with Gasteiger partial charge < -0.3 is 9.47 Å². The summed E-state index contributed by atoms with van der Waals surface area (Å²) in [5, 5.41) is 8.86. The van der Waals surface area contributed by atoms with Gasteiger partial charge in [0.2, 0.25) is 5.91 Å². The molecular weight excluding hydrogens is 324 g/mol. The number of amides is 1. The Morgan fingerprint density at radius 3 is 2.88 bits per heavy atom. The summed E-state index contributed by atoms with van der Waals surface area (Å²) < 4.78 is 10.6. The van der Waals surface area contributed by atoms with Gasteiger partial charge in [-0.05, 0) is 30.2 Å². The van der Waals surface area contributed by atoms with Gasteiger partial charge in [-0.15, -0.1) is 0 Å². The zero-order valence-electron chi connectivity index (χ0n) is 13.6. The lowest BCUT2D eigenvalue weighted by Crippen LogP contribution is -2.31. The van der Waals surface area contributed by atoms with Gasteiger partial charge in [0.1, 0.15) is 17.8 Å². The van der Waals surface area contributed by atoms with E-state index in [1.807, 2.05) is 12.1 Å². The number of nitrogens with zero attached hydrogens (tertiary/aromatic N) is 1. The Kier molecular flexibility index (Phi) is 4.67. The second-order valence-electron chi connectivity index (χ2n) is 5.87. The number of ether oxygens (including phenoxy) is 2. The lowest BCUT2D eigenvalue weighted by Gasteiger charge is -2.16. The topological polar surface area (TPSA) is 97.8 Å². The van der Waals surface area contributed by atoms with Crippen LogP contribution >= 0.6 is 0 Å². The van der Waals surface area contributed by atoms with Crippen LogP contribution in [0.2, 0.25) is 0 Å². The molecule has 7 nitrogen and oxygen atoms in total. The van der Waals surface area contributed by atoms with Crippen molar-refractivity contribution >= 4 is 11.9 Å². The molecule has 1 aliphatic rings. The molecule has 2 atom stereocenters. The summed E-state index contributed by atoms with van der Waals surface area (Å²) in [6, 6.07) is 10.7. The summed E-state index contributed by atoms with van der Waals surface area (Å²) >= 11 is 0. The molecule has 1 saturated carbocycles. The van der Waals surface area contributed by atoms with Gasteiger partial charge in [0.15, 0.2) is 0 Å². The van der Waals surface area contributed by atoms with E-state index in [1.54, 1.807) is 42.1 Å². The Morgan fingerprint density at radius 2 is 2.20 bits per heavy atom. The minimum Gasteiger partial charge on any atom is -0.489 e. The Hall–Kier alpha value is -2.93. The van der Waals surface area contributed by atoms with Crippen molar-refractivity contribution in [1.29, 1.82) is 0 Å². The maximum absolute atomic E-state index is 12.3. The number of carbonyl (C=O) groups is 2. The molecule has 0 radical (unpaired) electrons. The molecule has 2 N–H and O–H groups in total. The van der Waals surface area contributed by atoms with E-state index in [2.05, 4.69) is 4.98 Å². The number of methoxy groups -OCH3 is 1. The first-order chi connectivity index (χ1) is 12.1. The molecular formula is C18H18N2O5. The second-order valence-corrected chi connectivity index (χ2v) is 5.87. The highest BCUT2D eigenvalue weighted by Crippen LogP contribution is 2.55. The van der Waals surface area contributed by atoms with Gasteiger partial charge in [-0.3, -0.25) is 19.8 Å². The van der Waals surface area contributed by atoms with Crippen molar-refractivity contribution in [2.24, 2.45) is 5.92 Å². The van der Waals surface area contributed by atoms with Crippen LogP contribution in [0.25, 0.3) is 0 Å². The van der Waals surface area contributed by atoms with E-state index in [1.165, 1.54) is 7.11 Å². The minimum atomic E-state index is -1.09. The van der Waals surface area contributed by atoms with E-state index in [0.717, 1.165) is 5.56 Å². The van der Waals surface area contributed by atoms with Crippen LogP contribution in [0.4, 0.5) is 0 Å². The van der Waals surface area contributed by atoms with Crippen molar-refractivity contribution in [3.05, 3.63) is 59.9 Å². The highest BCUT2D eigenvalue weighted by molar-refractivity contribution is 5.97. The Morgan fingerprint density at radius 1 is 1.36 bits per heavy atom. The van der Waals surface area contributed by atoms with Gasteiger partial charge >= 0.3 is 5.97 Å². The summed E-state index contributed by atoms with van der Waals surface area (Å²) in [5.74, 6) is -1.21. The van der Waals surface area contributed by atoms with E-state index in [4.69, 9.17) is 14.7 Å². The number of esters is 1. The molecule has 3 rings (SSSR count). The third kappa shape index (κ3) is 3.18. The Balaban J connectivity index is 1.82. The first-order valence-corrected chi connectivity index (χ1v) is 7.76. The van der Waals surface area contributed by atoms with E-state index in [-0.39, 0.29) is 6.42 Å². The van der Waals surface area contributed by atoms with Crippen molar-refractivity contribution < 1.29 is 24.3 Å². The van der Waals surface area contributed by atoms with Crippen molar-refractivity contribution in [2.75, 3.05) is 7.11 Å². The summed E-state index contributed by atoms with van der Waals surface area (Å²) in [7, 11) is 1.28. The Bertz CT molecular complexity index is 780. The average molecular weight is 342 g/mol. The van der Waals surface area contributed by atoms with Crippen molar-refractivity contribution in [3.8, 4) is 5.75 Å². The van der Waals surface area contributed by atoms with Crippen LogP contribution < -0.4 is 10.2 Å². The molecule has 0 spiro atoms. The fourth-order valence-corrected chi connectivity index (χ4v) is 3.02. The number of benzene rings is 1. The maximum Gasteiger partial charge on any atom is 0.317 e. The second kappa shape index (κ2) is 6.90. The first kappa shape index (κ1) is 16.9. The number of pyridine rings is 1. The minimum absolute atomic E-state index is 0.276. The van der Waals surface area contributed by atoms with Gasteiger partial charge in [-0.1, -0.05) is 18.2 Å². The zero-order valence-corrected chi connectivity index (χ0v) is 13.6. The van der Waals surface area contributed by atoms with E-state index < -0.39 is 23.2 Å². The highest BCUT2D eigenvalue weighted by atomic mass is 16.5. The van der Waals surface area contributed by atoms with Gasteiger partial charge in [-0.2, -0.15) is 0 Å². The molecule has 25 heavy (non-hydrogen) atoms.